The molecule has 0 radical (unpaired) electrons. The number of rotatable bonds is 3. The molecule has 0 aliphatic rings. The van der Waals surface area contributed by atoms with Crippen LogP contribution in [-0.2, 0) is 9.84 Å². The molecule has 0 bridgehead atoms. The molecule has 0 fully saturated rings. The zero-order valence-corrected chi connectivity index (χ0v) is 9.29. The third-order valence-electron chi connectivity index (χ3n) is 1.78. The number of diazo groups is 1. The third-order valence-corrected chi connectivity index (χ3v) is 3.91. The van der Waals surface area contributed by atoms with Crippen molar-refractivity contribution >= 4 is 27.1 Å². The van der Waals surface area contributed by atoms with Gasteiger partial charge < -0.3 is 0 Å². The minimum Gasteiger partial charge on any atom is -0.225 e. The SMILES string of the molecule is N#[N+]c1ccc(S(=O)(=O)C(F)C(F)Cl)cc1. The van der Waals surface area contributed by atoms with Gasteiger partial charge in [0.1, 0.15) is 0 Å². The summed E-state index contributed by atoms with van der Waals surface area (Å²) in [5.74, 6) is 0. The first-order valence-electron chi connectivity index (χ1n) is 4.01. The first kappa shape index (κ1) is 12.8. The third kappa shape index (κ3) is 2.46. The van der Waals surface area contributed by atoms with E-state index in [2.05, 4.69) is 4.98 Å². The lowest BCUT2D eigenvalue weighted by molar-refractivity contribution is 0.297. The van der Waals surface area contributed by atoms with Gasteiger partial charge in [-0.25, -0.2) is 17.2 Å². The fourth-order valence-corrected chi connectivity index (χ4v) is 2.42. The van der Waals surface area contributed by atoms with Crippen molar-refractivity contribution in [1.82, 2.24) is 0 Å². The van der Waals surface area contributed by atoms with E-state index < -0.39 is 25.9 Å². The van der Waals surface area contributed by atoms with Crippen LogP contribution in [-0.4, -0.2) is 19.6 Å². The second-order valence-corrected chi connectivity index (χ2v) is 5.25. The molecule has 1 aromatic carbocycles. The van der Waals surface area contributed by atoms with Crippen LogP contribution < -0.4 is 0 Å². The second-order valence-electron chi connectivity index (χ2n) is 2.82. The highest BCUT2D eigenvalue weighted by Gasteiger charge is 2.34. The van der Waals surface area contributed by atoms with E-state index in [1.54, 1.807) is 0 Å². The van der Waals surface area contributed by atoms with Crippen LogP contribution in [0.15, 0.2) is 29.2 Å². The smallest absolute Gasteiger partial charge is 0.225 e. The van der Waals surface area contributed by atoms with Crippen molar-refractivity contribution in [3.8, 4) is 0 Å². The molecule has 1 rings (SSSR count). The summed E-state index contributed by atoms with van der Waals surface area (Å²) in [5, 5.41) is 8.35. The van der Waals surface area contributed by atoms with Crippen LogP contribution in [0.3, 0.4) is 0 Å². The molecule has 2 unspecified atom stereocenters. The van der Waals surface area contributed by atoms with Crippen LogP contribution in [0.4, 0.5) is 14.5 Å². The number of halogens is 3. The summed E-state index contributed by atoms with van der Waals surface area (Å²) in [6, 6.07) is 4.27. The molecule has 2 atom stereocenters. The van der Waals surface area contributed by atoms with E-state index in [-0.39, 0.29) is 5.69 Å². The summed E-state index contributed by atoms with van der Waals surface area (Å²) in [5.41, 5.74) is -5.37. The molecule has 0 spiro atoms. The Bertz CT molecular complexity index is 510. The summed E-state index contributed by atoms with van der Waals surface area (Å²) < 4.78 is 48.1. The van der Waals surface area contributed by atoms with Crippen LogP contribution >= 0.6 is 11.6 Å². The molecule has 0 saturated heterocycles. The molecule has 8 heteroatoms. The molecule has 0 N–H and O–H groups in total. The van der Waals surface area contributed by atoms with Crippen molar-refractivity contribution in [2.45, 2.75) is 16.0 Å². The quantitative estimate of drug-likeness (QED) is 0.625. The van der Waals surface area contributed by atoms with E-state index in [1.807, 2.05) is 0 Å². The van der Waals surface area contributed by atoms with Gasteiger partial charge in [-0.1, -0.05) is 11.6 Å². The number of benzene rings is 1. The van der Waals surface area contributed by atoms with Crippen LogP contribution in [0.5, 0.6) is 0 Å². The van der Waals surface area contributed by atoms with Crippen molar-refractivity contribution in [1.29, 1.82) is 5.39 Å². The highest BCUT2D eigenvalue weighted by molar-refractivity contribution is 7.92. The molecule has 0 aliphatic heterocycles. The topological polar surface area (TPSA) is 62.3 Å². The molecule has 86 valence electrons. The number of hydrogen-bond acceptors (Lipinski definition) is 3. The largest absolute Gasteiger partial charge is 0.385 e. The maximum absolute atomic E-state index is 13.0. The van der Waals surface area contributed by atoms with E-state index in [0.717, 1.165) is 24.3 Å². The fourth-order valence-electron chi connectivity index (χ4n) is 0.968. The van der Waals surface area contributed by atoms with Gasteiger partial charge in [0.2, 0.25) is 26.4 Å². The average Bonchev–Trinajstić information content (AvgIpc) is 2.28. The number of nitrogens with zero attached hydrogens (tertiary/aromatic N) is 2. The molecule has 0 heterocycles. The van der Waals surface area contributed by atoms with Gasteiger partial charge in [-0.15, -0.1) is 0 Å². The van der Waals surface area contributed by atoms with Gasteiger partial charge in [0, 0.05) is 12.1 Å². The Morgan fingerprint density at radius 2 is 1.75 bits per heavy atom. The molecular formula is C8H6ClF2N2O2S+. The van der Waals surface area contributed by atoms with Crippen LogP contribution in [0.25, 0.3) is 4.98 Å². The number of hydrogen-bond donors (Lipinski definition) is 0. The van der Waals surface area contributed by atoms with Gasteiger partial charge in [0.15, 0.2) is 4.98 Å². The predicted octanol–water partition coefficient (Wildman–Crippen LogP) is 2.77. The Kier molecular flexibility index (Phi) is 3.78. The van der Waals surface area contributed by atoms with Crippen LogP contribution in [0.1, 0.15) is 0 Å². The lowest BCUT2D eigenvalue weighted by atomic mass is 10.3. The minimum atomic E-state index is -4.46. The molecule has 0 aliphatic carbocycles. The van der Waals surface area contributed by atoms with Crippen molar-refractivity contribution in [3.05, 3.63) is 29.2 Å². The van der Waals surface area contributed by atoms with Gasteiger partial charge in [-0.3, -0.25) is 0 Å². The lowest BCUT2D eigenvalue weighted by Crippen LogP contribution is -2.23. The lowest BCUT2D eigenvalue weighted by Gasteiger charge is -2.08. The molecule has 0 aromatic heterocycles. The molecule has 0 amide bonds. The minimum absolute atomic E-state index is 0.0945. The second kappa shape index (κ2) is 4.72. The van der Waals surface area contributed by atoms with Gasteiger partial charge in [0.05, 0.1) is 4.90 Å². The summed E-state index contributed by atoms with van der Waals surface area (Å²) in [7, 11) is -4.46. The summed E-state index contributed by atoms with van der Waals surface area (Å²) >= 11 is 4.74. The normalized spacial score (nSPS) is 15.1. The average molecular weight is 268 g/mol. The predicted molar refractivity (Wildman–Crippen MR) is 54.0 cm³/mol. The standard InChI is InChI=1S/C8H6ClF2N2O2S/c9-7(10)8(11)16(14,15)6-3-1-5(13-12)2-4-6/h1-4,7-8H/q+1. The highest BCUT2D eigenvalue weighted by Crippen LogP contribution is 2.24. The molecule has 0 saturated carbocycles. The summed E-state index contributed by atoms with van der Waals surface area (Å²) in [6.45, 7) is 0. The molecule has 16 heavy (non-hydrogen) atoms. The Balaban J connectivity index is 3.14. The Labute approximate surface area is 95.4 Å². The highest BCUT2D eigenvalue weighted by atomic mass is 35.5. The zero-order valence-electron chi connectivity index (χ0n) is 7.72. The summed E-state index contributed by atoms with van der Waals surface area (Å²) in [6.07, 6.45) is 0. The van der Waals surface area contributed by atoms with Gasteiger partial charge >= 0.3 is 5.69 Å². The number of alkyl halides is 3. The molecular weight excluding hydrogens is 262 g/mol. The Morgan fingerprint density at radius 1 is 1.25 bits per heavy atom. The van der Waals surface area contributed by atoms with E-state index in [4.69, 9.17) is 17.0 Å². The van der Waals surface area contributed by atoms with E-state index in [9.17, 15) is 17.2 Å². The summed E-state index contributed by atoms with van der Waals surface area (Å²) in [4.78, 5) is 2.35. The van der Waals surface area contributed by atoms with Crippen molar-refractivity contribution < 1.29 is 17.2 Å². The number of sulfone groups is 1. The fraction of sp³-hybridized carbons (Fsp3) is 0.250. The maximum Gasteiger partial charge on any atom is 0.385 e. The van der Waals surface area contributed by atoms with Crippen molar-refractivity contribution in [2.24, 2.45) is 0 Å². The van der Waals surface area contributed by atoms with E-state index in [0.29, 0.717) is 0 Å². The Hall–Kier alpha value is -1.26. The first-order valence-corrected chi connectivity index (χ1v) is 5.99. The molecule has 4 nitrogen and oxygen atoms in total. The van der Waals surface area contributed by atoms with Gasteiger partial charge in [0.25, 0.3) is 0 Å². The van der Waals surface area contributed by atoms with E-state index >= 15 is 0 Å². The maximum atomic E-state index is 13.0. The van der Waals surface area contributed by atoms with Crippen molar-refractivity contribution in [2.75, 3.05) is 0 Å². The van der Waals surface area contributed by atoms with Crippen molar-refractivity contribution in [3.63, 3.8) is 0 Å². The van der Waals surface area contributed by atoms with Crippen LogP contribution in [0, 0.1) is 5.39 Å². The first-order chi connectivity index (χ1) is 7.39. The van der Waals surface area contributed by atoms with Gasteiger partial charge in [-0.2, -0.15) is 0 Å². The molecule has 1 aromatic rings. The monoisotopic (exact) mass is 267 g/mol. The van der Waals surface area contributed by atoms with Crippen LogP contribution in [0.2, 0.25) is 0 Å². The van der Waals surface area contributed by atoms with Gasteiger partial charge in [-0.05, 0) is 12.1 Å². The zero-order chi connectivity index (χ0) is 12.3. The Morgan fingerprint density at radius 3 is 2.12 bits per heavy atom. The van der Waals surface area contributed by atoms with E-state index in [1.165, 1.54) is 0 Å².